The van der Waals surface area contributed by atoms with Crippen LogP contribution in [0.15, 0.2) is 4.99 Å². The van der Waals surface area contributed by atoms with Gasteiger partial charge in [-0.2, -0.15) is 0 Å². The van der Waals surface area contributed by atoms with E-state index >= 15 is 0 Å². The van der Waals surface area contributed by atoms with Crippen molar-refractivity contribution in [1.29, 1.82) is 0 Å². The van der Waals surface area contributed by atoms with Crippen LogP contribution in [0.1, 0.15) is 58.8 Å². The average molecular weight is 476 g/mol. The van der Waals surface area contributed by atoms with Crippen molar-refractivity contribution < 1.29 is 4.74 Å². The van der Waals surface area contributed by atoms with Crippen LogP contribution >= 0.6 is 24.0 Å². The van der Waals surface area contributed by atoms with Crippen LogP contribution in [-0.4, -0.2) is 61.8 Å². The predicted octanol–water partition coefficient (Wildman–Crippen LogP) is 2.99. The van der Waals surface area contributed by atoms with Gasteiger partial charge in [0.1, 0.15) is 0 Å². The summed E-state index contributed by atoms with van der Waals surface area (Å²) in [6, 6.07) is 1.19. The summed E-state index contributed by atoms with van der Waals surface area (Å²) < 4.78 is 6.12. The van der Waals surface area contributed by atoms with E-state index in [1.54, 1.807) is 0 Å². The highest BCUT2D eigenvalue weighted by Crippen LogP contribution is 2.60. The summed E-state index contributed by atoms with van der Waals surface area (Å²) in [4.78, 5) is 7.58. The van der Waals surface area contributed by atoms with Gasteiger partial charge >= 0.3 is 0 Å². The van der Waals surface area contributed by atoms with E-state index in [-0.39, 0.29) is 24.0 Å². The molecule has 0 bridgehead atoms. The molecule has 2 saturated carbocycles. The van der Waals surface area contributed by atoms with Crippen LogP contribution in [-0.2, 0) is 4.74 Å². The molecule has 6 heteroatoms. The summed E-state index contributed by atoms with van der Waals surface area (Å²) in [5.41, 5.74) is 0.389. The molecule has 0 amide bonds. The number of nitrogens with one attached hydrogen (secondary N) is 2. The molecule has 2 aliphatic heterocycles. The fourth-order valence-electron chi connectivity index (χ4n) is 6.09. The monoisotopic (exact) mass is 476 g/mol. The zero-order valence-electron chi connectivity index (χ0n) is 16.5. The van der Waals surface area contributed by atoms with Gasteiger partial charge in [0.15, 0.2) is 5.96 Å². The normalized spacial score (nSPS) is 35.8. The minimum absolute atomic E-state index is 0. The molecule has 0 aromatic rings. The van der Waals surface area contributed by atoms with E-state index in [0.717, 1.165) is 32.2 Å². The van der Waals surface area contributed by atoms with Crippen LogP contribution in [0.5, 0.6) is 0 Å². The van der Waals surface area contributed by atoms with Gasteiger partial charge < -0.3 is 15.4 Å². The third-order valence-corrected chi connectivity index (χ3v) is 7.29. The molecule has 2 saturated heterocycles. The number of hydrogen-bond donors (Lipinski definition) is 2. The number of hydrogen-bond acceptors (Lipinski definition) is 3. The second-order valence-electron chi connectivity index (χ2n) is 8.45. The van der Waals surface area contributed by atoms with Crippen LogP contribution in [0, 0.1) is 11.3 Å². The van der Waals surface area contributed by atoms with Gasteiger partial charge in [-0.3, -0.25) is 9.89 Å². The molecular weight excluding hydrogens is 439 g/mol. The van der Waals surface area contributed by atoms with Crippen molar-refractivity contribution in [2.24, 2.45) is 16.3 Å². The van der Waals surface area contributed by atoms with Gasteiger partial charge in [0.25, 0.3) is 0 Å². The second kappa shape index (κ2) is 8.95. The zero-order chi connectivity index (χ0) is 17.3. The van der Waals surface area contributed by atoms with Crippen molar-refractivity contribution in [2.75, 3.05) is 32.8 Å². The Kier molecular flexibility index (Phi) is 7.11. The summed E-state index contributed by atoms with van der Waals surface area (Å²) in [6.07, 6.45) is 9.75. The molecule has 0 radical (unpaired) electrons. The van der Waals surface area contributed by atoms with E-state index in [1.807, 2.05) is 0 Å². The van der Waals surface area contributed by atoms with Crippen molar-refractivity contribution in [3.8, 4) is 0 Å². The molecule has 2 heterocycles. The Labute approximate surface area is 176 Å². The Balaban J connectivity index is 0.00000196. The number of fused-ring (bicyclic) bond motifs is 2. The molecule has 4 aliphatic rings. The van der Waals surface area contributed by atoms with Gasteiger partial charge in [-0.25, -0.2) is 0 Å². The fraction of sp³-hybridized carbons (Fsp3) is 0.950. The standard InChI is InChI=1S/C20H36N4O.HI/c1-3-21-19(22-14-15-8-7-12-24(15)4-2)23-17-16-9-13-25-18(16)20(17)10-5-6-11-20;/h15-18H,3-14H2,1-2H3,(H2,21,22,23);1H. The smallest absolute Gasteiger partial charge is 0.191 e. The van der Waals surface area contributed by atoms with Crippen LogP contribution in [0.25, 0.3) is 0 Å². The molecule has 4 atom stereocenters. The maximum absolute atomic E-state index is 6.12. The Bertz CT molecular complexity index is 494. The van der Waals surface area contributed by atoms with E-state index in [2.05, 4.69) is 29.4 Å². The zero-order valence-corrected chi connectivity index (χ0v) is 18.8. The molecule has 150 valence electrons. The Morgan fingerprint density at radius 2 is 2.00 bits per heavy atom. The number of guanidine groups is 1. The van der Waals surface area contributed by atoms with Crippen molar-refractivity contribution in [2.45, 2.75) is 77.0 Å². The number of likely N-dealkylation sites (N-methyl/N-ethyl adjacent to an activating group) is 1. The van der Waals surface area contributed by atoms with Gasteiger partial charge in [0, 0.05) is 36.6 Å². The highest BCUT2D eigenvalue weighted by Gasteiger charge is 2.65. The highest BCUT2D eigenvalue weighted by atomic mass is 127. The quantitative estimate of drug-likeness (QED) is 0.364. The van der Waals surface area contributed by atoms with E-state index in [9.17, 15) is 0 Å². The first-order valence-electron chi connectivity index (χ1n) is 10.7. The number of rotatable bonds is 5. The largest absolute Gasteiger partial charge is 0.377 e. The predicted molar refractivity (Wildman–Crippen MR) is 117 cm³/mol. The van der Waals surface area contributed by atoms with Crippen molar-refractivity contribution in [3.63, 3.8) is 0 Å². The Morgan fingerprint density at radius 3 is 2.73 bits per heavy atom. The number of likely N-dealkylation sites (tertiary alicyclic amines) is 1. The minimum Gasteiger partial charge on any atom is -0.377 e. The van der Waals surface area contributed by atoms with Crippen molar-refractivity contribution in [1.82, 2.24) is 15.5 Å². The van der Waals surface area contributed by atoms with E-state index < -0.39 is 0 Å². The van der Waals surface area contributed by atoms with E-state index in [1.165, 1.54) is 51.5 Å². The molecule has 4 unspecified atom stereocenters. The van der Waals surface area contributed by atoms with Crippen LogP contribution in [0.2, 0.25) is 0 Å². The van der Waals surface area contributed by atoms with Gasteiger partial charge in [-0.1, -0.05) is 19.8 Å². The lowest BCUT2D eigenvalue weighted by molar-refractivity contribution is -0.125. The maximum atomic E-state index is 6.12. The first-order chi connectivity index (χ1) is 12.3. The number of halogens is 1. The van der Waals surface area contributed by atoms with Crippen molar-refractivity contribution >= 4 is 29.9 Å². The lowest BCUT2D eigenvalue weighted by Crippen LogP contribution is -2.69. The SMILES string of the molecule is CCNC(=NCC1CCCN1CC)NC1C2CCOC2C12CCCC2.I. The van der Waals surface area contributed by atoms with E-state index in [0.29, 0.717) is 29.5 Å². The first-order valence-corrected chi connectivity index (χ1v) is 10.7. The summed E-state index contributed by atoms with van der Waals surface area (Å²) in [6.45, 7) is 9.63. The second-order valence-corrected chi connectivity index (χ2v) is 8.45. The maximum Gasteiger partial charge on any atom is 0.191 e. The van der Waals surface area contributed by atoms with Gasteiger partial charge in [-0.15, -0.1) is 24.0 Å². The highest BCUT2D eigenvalue weighted by molar-refractivity contribution is 14.0. The van der Waals surface area contributed by atoms with Gasteiger partial charge in [-0.05, 0) is 52.1 Å². The van der Waals surface area contributed by atoms with Gasteiger partial charge in [0.2, 0.25) is 0 Å². The molecule has 2 N–H and O–H groups in total. The molecule has 1 spiro atoms. The van der Waals surface area contributed by atoms with E-state index in [4.69, 9.17) is 9.73 Å². The minimum atomic E-state index is 0. The fourth-order valence-corrected chi connectivity index (χ4v) is 6.09. The molecule has 0 aromatic carbocycles. The molecule has 5 nitrogen and oxygen atoms in total. The summed E-state index contributed by atoms with van der Waals surface area (Å²) >= 11 is 0. The number of ether oxygens (including phenoxy) is 1. The third kappa shape index (κ3) is 3.62. The molecule has 0 aromatic heterocycles. The molecule has 4 fully saturated rings. The molecular formula is C20H37IN4O. The van der Waals surface area contributed by atoms with Crippen LogP contribution in [0.3, 0.4) is 0 Å². The molecule has 2 aliphatic carbocycles. The summed E-state index contributed by atoms with van der Waals surface area (Å²) in [7, 11) is 0. The van der Waals surface area contributed by atoms with Crippen LogP contribution < -0.4 is 10.6 Å². The topological polar surface area (TPSA) is 48.9 Å². The number of nitrogens with zero attached hydrogens (tertiary/aromatic N) is 2. The van der Waals surface area contributed by atoms with Crippen molar-refractivity contribution in [3.05, 3.63) is 0 Å². The first kappa shape index (κ1) is 20.6. The lowest BCUT2D eigenvalue weighted by Gasteiger charge is -2.57. The third-order valence-electron chi connectivity index (χ3n) is 7.29. The molecule has 26 heavy (non-hydrogen) atoms. The number of aliphatic imine (C=N–C) groups is 1. The average Bonchev–Trinajstić information content (AvgIpc) is 3.36. The lowest BCUT2D eigenvalue weighted by atomic mass is 9.54. The Morgan fingerprint density at radius 1 is 1.19 bits per heavy atom. The summed E-state index contributed by atoms with van der Waals surface area (Å²) in [5.74, 6) is 1.73. The summed E-state index contributed by atoms with van der Waals surface area (Å²) in [5, 5.41) is 7.36. The van der Waals surface area contributed by atoms with Gasteiger partial charge in [0.05, 0.1) is 12.6 Å². The molecule has 4 rings (SSSR count). The van der Waals surface area contributed by atoms with Crippen LogP contribution in [0.4, 0.5) is 0 Å². The Hall–Kier alpha value is -0.0800.